The fourth-order valence-corrected chi connectivity index (χ4v) is 1.96. The van der Waals surface area contributed by atoms with Gasteiger partial charge in [0.05, 0.1) is 13.0 Å². The number of carbonyl (C=O) groups excluding carboxylic acids is 1. The largest absolute Gasteiger partial charge is 0.469 e. The topological polar surface area (TPSA) is 29.5 Å². The number of esters is 1. The van der Waals surface area contributed by atoms with Gasteiger partial charge in [-0.15, -0.1) is 0 Å². The zero-order valence-corrected chi connectivity index (χ0v) is 11.3. The van der Waals surface area contributed by atoms with Crippen LogP contribution in [0.15, 0.2) is 28.7 Å². The molecule has 1 aromatic rings. The lowest BCUT2D eigenvalue weighted by molar-refractivity contribution is -0.142. The zero-order chi connectivity index (χ0) is 12.1. The molecule has 0 fully saturated rings. The van der Waals surface area contributed by atoms with Crippen molar-refractivity contribution >= 4 is 21.9 Å². The monoisotopic (exact) mass is 285 g/mol. The van der Waals surface area contributed by atoms with Gasteiger partial charge in [0.2, 0.25) is 0 Å². The lowest BCUT2D eigenvalue weighted by atomic mass is 9.99. The quantitative estimate of drug-likeness (QED) is 0.795. The van der Waals surface area contributed by atoms with Gasteiger partial charge in [-0.3, -0.25) is 4.79 Å². The first-order valence-corrected chi connectivity index (χ1v) is 5.82. The van der Waals surface area contributed by atoms with Crippen LogP contribution in [-0.2, 0) is 9.53 Å². The van der Waals surface area contributed by atoms with Gasteiger partial charge in [-0.2, -0.15) is 0 Å². The normalized spacial score (nSPS) is 12.6. The minimum Gasteiger partial charge on any atom is -0.469 e. The SMILES string of the molecule is COC(=O)C(CN(C)C)c1cccc(Br)c1. The summed E-state index contributed by atoms with van der Waals surface area (Å²) in [6, 6.07) is 7.75. The highest BCUT2D eigenvalue weighted by molar-refractivity contribution is 9.10. The molecule has 16 heavy (non-hydrogen) atoms. The van der Waals surface area contributed by atoms with Gasteiger partial charge in [-0.05, 0) is 31.8 Å². The molecule has 0 saturated carbocycles. The van der Waals surface area contributed by atoms with E-state index in [1.807, 2.05) is 43.3 Å². The first-order valence-electron chi connectivity index (χ1n) is 5.02. The summed E-state index contributed by atoms with van der Waals surface area (Å²) in [7, 11) is 5.30. The number of rotatable bonds is 4. The van der Waals surface area contributed by atoms with Crippen molar-refractivity contribution in [2.75, 3.05) is 27.7 Å². The van der Waals surface area contributed by atoms with E-state index >= 15 is 0 Å². The summed E-state index contributed by atoms with van der Waals surface area (Å²) in [5.41, 5.74) is 0.968. The minimum absolute atomic E-state index is 0.202. The van der Waals surface area contributed by atoms with Crippen LogP contribution in [0.25, 0.3) is 0 Å². The van der Waals surface area contributed by atoms with Crippen LogP contribution < -0.4 is 0 Å². The predicted octanol–water partition coefficient (Wildman–Crippen LogP) is 2.27. The Morgan fingerprint density at radius 1 is 1.50 bits per heavy atom. The molecule has 0 aliphatic heterocycles. The second-order valence-corrected chi connectivity index (χ2v) is 4.81. The maximum Gasteiger partial charge on any atom is 0.314 e. The molecule has 1 rings (SSSR count). The number of likely N-dealkylation sites (N-methyl/N-ethyl adjacent to an activating group) is 1. The third kappa shape index (κ3) is 3.61. The Hall–Kier alpha value is -0.870. The van der Waals surface area contributed by atoms with E-state index in [-0.39, 0.29) is 11.9 Å². The molecule has 0 saturated heterocycles. The van der Waals surface area contributed by atoms with Crippen molar-refractivity contribution in [2.45, 2.75) is 5.92 Å². The molecule has 1 aromatic carbocycles. The van der Waals surface area contributed by atoms with Crippen LogP contribution in [0.3, 0.4) is 0 Å². The summed E-state index contributed by atoms with van der Waals surface area (Å²) in [5.74, 6) is -0.440. The third-order valence-corrected chi connectivity index (χ3v) is 2.78. The van der Waals surface area contributed by atoms with E-state index in [9.17, 15) is 4.79 Å². The lowest BCUT2D eigenvalue weighted by Crippen LogP contribution is -2.27. The van der Waals surface area contributed by atoms with E-state index in [2.05, 4.69) is 15.9 Å². The van der Waals surface area contributed by atoms with Crippen LogP contribution in [0.2, 0.25) is 0 Å². The molecular weight excluding hydrogens is 270 g/mol. The van der Waals surface area contributed by atoms with E-state index in [1.54, 1.807) is 0 Å². The number of hydrogen-bond acceptors (Lipinski definition) is 3. The molecule has 88 valence electrons. The highest BCUT2D eigenvalue weighted by atomic mass is 79.9. The molecule has 0 spiro atoms. The van der Waals surface area contributed by atoms with Gasteiger partial charge in [-0.1, -0.05) is 28.1 Å². The maximum atomic E-state index is 11.7. The molecule has 1 unspecified atom stereocenters. The summed E-state index contributed by atoms with van der Waals surface area (Å²) in [6.07, 6.45) is 0. The minimum atomic E-state index is -0.238. The Labute approximate surface area is 105 Å². The molecule has 0 aromatic heterocycles. The third-order valence-electron chi connectivity index (χ3n) is 2.28. The van der Waals surface area contributed by atoms with E-state index in [0.29, 0.717) is 6.54 Å². The molecule has 0 bridgehead atoms. The van der Waals surface area contributed by atoms with Gasteiger partial charge < -0.3 is 9.64 Å². The lowest BCUT2D eigenvalue weighted by Gasteiger charge is -2.19. The van der Waals surface area contributed by atoms with E-state index in [4.69, 9.17) is 4.74 Å². The first-order chi connectivity index (χ1) is 7.54. The number of methoxy groups -OCH3 is 1. The molecule has 0 amide bonds. The van der Waals surface area contributed by atoms with Gasteiger partial charge in [-0.25, -0.2) is 0 Å². The van der Waals surface area contributed by atoms with Crippen molar-refractivity contribution in [1.82, 2.24) is 4.90 Å². The zero-order valence-electron chi connectivity index (χ0n) is 9.74. The number of halogens is 1. The smallest absolute Gasteiger partial charge is 0.314 e. The van der Waals surface area contributed by atoms with Crippen molar-refractivity contribution in [2.24, 2.45) is 0 Å². The average molecular weight is 286 g/mol. The summed E-state index contributed by atoms with van der Waals surface area (Å²) in [6.45, 7) is 0.642. The van der Waals surface area contributed by atoms with Crippen molar-refractivity contribution < 1.29 is 9.53 Å². The Morgan fingerprint density at radius 3 is 2.69 bits per heavy atom. The van der Waals surface area contributed by atoms with E-state index in [1.165, 1.54) is 7.11 Å². The molecule has 0 aliphatic carbocycles. The van der Waals surface area contributed by atoms with E-state index < -0.39 is 0 Å². The molecule has 0 aliphatic rings. The number of ether oxygens (including phenoxy) is 1. The van der Waals surface area contributed by atoms with Crippen LogP contribution >= 0.6 is 15.9 Å². The maximum absolute atomic E-state index is 11.7. The number of carbonyl (C=O) groups is 1. The summed E-state index contributed by atoms with van der Waals surface area (Å²) in [4.78, 5) is 13.7. The fourth-order valence-electron chi connectivity index (χ4n) is 1.55. The number of nitrogens with zero attached hydrogens (tertiary/aromatic N) is 1. The van der Waals surface area contributed by atoms with Crippen LogP contribution in [0.4, 0.5) is 0 Å². The molecule has 1 atom stereocenters. The number of benzene rings is 1. The highest BCUT2D eigenvalue weighted by Crippen LogP contribution is 2.21. The van der Waals surface area contributed by atoms with Crippen molar-refractivity contribution in [3.63, 3.8) is 0 Å². The first kappa shape index (κ1) is 13.2. The van der Waals surface area contributed by atoms with Gasteiger partial charge in [0.1, 0.15) is 0 Å². The second kappa shape index (κ2) is 6.01. The van der Waals surface area contributed by atoms with Gasteiger partial charge in [0.15, 0.2) is 0 Å². The highest BCUT2D eigenvalue weighted by Gasteiger charge is 2.22. The van der Waals surface area contributed by atoms with Crippen LogP contribution in [-0.4, -0.2) is 38.6 Å². The molecule has 0 radical (unpaired) electrons. The Kier molecular flexibility index (Phi) is 4.96. The van der Waals surface area contributed by atoms with Crippen LogP contribution in [0.1, 0.15) is 11.5 Å². The Bertz CT molecular complexity index is 366. The molecular formula is C12H16BrNO2. The Morgan fingerprint density at radius 2 is 2.19 bits per heavy atom. The fraction of sp³-hybridized carbons (Fsp3) is 0.417. The van der Waals surface area contributed by atoms with Gasteiger partial charge in [0, 0.05) is 11.0 Å². The molecule has 4 heteroatoms. The van der Waals surface area contributed by atoms with Crippen molar-refractivity contribution in [1.29, 1.82) is 0 Å². The van der Waals surface area contributed by atoms with Gasteiger partial charge >= 0.3 is 5.97 Å². The van der Waals surface area contributed by atoms with Crippen LogP contribution in [0, 0.1) is 0 Å². The van der Waals surface area contributed by atoms with Gasteiger partial charge in [0.25, 0.3) is 0 Å². The Balaban J connectivity index is 2.96. The number of hydrogen-bond donors (Lipinski definition) is 0. The van der Waals surface area contributed by atoms with Crippen molar-refractivity contribution in [3.05, 3.63) is 34.3 Å². The summed E-state index contributed by atoms with van der Waals surface area (Å²) in [5, 5.41) is 0. The standard InChI is InChI=1S/C12H16BrNO2/c1-14(2)8-11(12(15)16-3)9-5-4-6-10(13)7-9/h4-7,11H,8H2,1-3H3. The predicted molar refractivity (Wildman–Crippen MR) is 67.5 cm³/mol. The van der Waals surface area contributed by atoms with E-state index in [0.717, 1.165) is 10.0 Å². The molecule has 0 N–H and O–H groups in total. The summed E-state index contributed by atoms with van der Waals surface area (Å²) >= 11 is 3.40. The summed E-state index contributed by atoms with van der Waals surface area (Å²) < 4.78 is 5.80. The molecule has 3 nitrogen and oxygen atoms in total. The van der Waals surface area contributed by atoms with Crippen LogP contribution in [0.5, 0.6) is 0 Å². The van der Waals surface area contributed by atoms with Crippen molar-refractivity contribution in [3.8, 4) is 0 Å². The average Bonchev–Trinajstić information content (AvgIpc) is 2.24. The second-order valence-electron chi connectivity index (χ2n) is 3.89. The molecule has 0 heterocycles.